The summed E-state index contributed by atoms with van der Waals surface area (Å²) in [5.74, 6) is 2.52. The highest BCUT2D eigenvalue weighted by molar-refractivity contribution is 5.37. The number of benzene rings is 1. The van der Waals surface area contributed by atoms with Crippen molar-refractivity contribution >= 4 is 5.82 Å². The Morgan fingerprint density at radius 3 is 2.37 bits per heavy atom. The SMILES string of the molecule is CCOc1ccc(OCc2ccnc(NC)c2)cc1. The molecule has 4 nitrogen and oxygen atoms in total. The second-order valence-corrected chi connectivity index (χ2v) is 3.99. The molecule has 0 aliphatic carbocycles. The van der Waals surface area contributed by atoms with Gasteiger partial charge in [-0.1, -0.05) is 0 Å². The van der Waals surface area contributed by atoms with Gasteiger partial charge >= 0.3 is 0 Å². The zero-order chi connectivity index (χ0) is 13.5. The predicted octanol–water partition coefficient (Wildman–Crippen LogP) is 3.10. The largest absolute Gasteiger partial charge is 0.494 e. The van der Waals surface area contributed by atoms with E-state index >= 15 is 0 Å². The third kappa shape index (κ3) is 3.88. The van der Waals surface area contributed by atoms with E-state index in [0.29, 0.717) is 13.2 Å². The maximum atomic E-state index is 5.71. The topological polar surface area (TPSA) is 43.4 Å². The zero-order valence-electron chi connectivity index (χ0n) is 11.2. The van der Waals surface area contributed by atoms with Crippen molar-refractivity contribution in [3.8, 4) is 11.5 Å². The average Bonchev–Trinajstić information content (AvgIpc) is 2.47. The second-order valence-electron chi connectivity index (χ2n) is 3.99. The van der Waals surface area contributed by atoms with Crippen molar-refractivity contribution in [1.82, 2.24) is 4.98 Å². The highest BCUT2D eigenvalue weighted by Crippen LogP contribution is 2.19. The lowest BCUT2D eigenvalue weighted by atomic mass is 10.2. The number of aromatic nitrogens is 1. The van der Waals surface area contributed by atoms with Crippen LogP contribution in [0.4, 0.5) is 5.82 Å². The Kier molecular flexibility index (Phi) is 4.61. The number of hydrogen-bond donors (Lipinski definition) is 1. The van der Waals surface area contributed by atoms with Crippen LogP contribution in [-0.2, 0) is 6.61 Å². The lowest BCUT2D eigenvalue weighted by molar-refractivity contribution is 0.304. The fourth-order valence-electron chi connectivity index (χ4n) is 1.67. The molecule has 0 bridgehead atoms. The molecule has 100 valence electrons. The van der Waals surface area contributed by atoms with E-state index in [1.165, 1.54) is 0 Å². The van der Waals surface area contributed by atoms with Crippen LogP contribution in [0.25, 0.3) is 0 Å². The van der Waals surface area contributed by atoms with Crippen molar-refractivity contribution in [2.75, 3.05) is 19.0 Å². The molecule has 1 heterocycles. The summed E-state index contributed by atoms with van der Waals surface area (Å²) in [6, 6.07) is 11.5. The van der Waals surface area contributed by atoms with Gasteiger partial charge in [0.15, 0.2) is 0 Å². The number of anilines is 1. The standard InChI is InChI=1S/C15H18N2O2/c1-3-18-13-4-6-14(7-5-13)19-11-12-8-9-17-15(10-12)16-2/h4-10H,3,11H2,1-2H3,(H,16,17). The van der Waals surface area contributed by atoms with Gasteiger partial charge in [-0.2, -0.15) is 0 Å². The van der Waals surface area contributed by atoms with E-state index in [-0.39, 0.29) is 0 Å². The molecule has 0 spiro atoms. The summed E-state index contributed by atoms with van der Waals surface area (Å²) in [5, 5.41) is 3.00. The average molecular weight is 258 g/mol. The molecule has 2 aromatic rings. The van der Waals surface area contributed by atoms with Gasteiger partial charge in [0.1, 0.15) is 23.9 Å². The fraction of sp³-hybridized carbons (Fsp3) is 0.267. The molecule has 0 saturated heterocycles. The summed E-state index contributed by atoms with van der Waals surface area (Å²) >= 11 is 0. The minimum atomic E-state index is 0.519. The zero-order valence-corrected chi connectivity index (χ0v) is 11.2. The second kappa shape index (κ2) is 6.64. The maximum Gasteiger partial charge on any atom is 0.126 e. The molecule has 0 aliphatic heterocycles. The molecule has 0 atom stereocenters. The van der Waals surface area contributed by atoms with Gasteiger partial charge < -0.3 is 14.8 Å². The third-order valence-electron chi connectivity index (χ3n) is 2.62. The summed E-state index contributed by atoms with van der Waals surface area (Å²) in [5.41, 5.74) is 1.08. The maximum absolute atomic E-state index is 5.71. The van der Waals surface area contributed by atoms with Crippen molar-refractivity contribution in [3.05, 3.63) is 48.2 Å². The van der Waals surface area contributed by atoms with Crippen molar-refractivity contribution < 1.29 is 9.47 Å². The number of hydrogen-bond acceptors (Lipinski definition) is 4. The van der Waals surface area contributed by atoms with Crippen molar-refractivity contribution in [3.63, 3.8) is 0 Å². The lowest BCUT2D eigenvalue weighted by Crippen LogP contribution is -1.98. The molecule has 0 unspecified atom stereocenters. The van der Waals surface area contributed by atoms with Crippen LogP contribution < -0.4 is 14.8 Å². The summed E-state index contributed by atoms with van der Waals surface area (Å²) in [7, 11) is 1.85. The number of nitrogens with one attached hydrogen (secondary N) is 1. The highest BCUT2D eigenvalue weighted by atomic mass is 16.5. The van der Waals surface area contributed by atoms with Gasteiger partial charge in [-0.05, 0) is 48.9 Å². The third-order valence-corrected chi connectivity index (χ3v) is 2.62. The first-order chi connectivity index (χ1) is 9.31. The Morgan fingerprint density at radius 2 is 1.74 bits per heavy atom. The van der Waals surface area contributed by atoms with Gasteiger partial charge in [0.25, 0.3) is 0 Å². The van der Waals surface area contributed by atoms with Crippen molar-refractivity contribution in [2.45, 2.75) is 13.5 Å². The Labute approximate surface area is 113 Å². The van der Waals surface area contributed by atoms with Gasteiger partial charge in [-0.25, -0.2) is 4.98 Å². The van der Waals surface area contributed by atoms with E-state index < -0.39 is 0 Å². The first-order valence-electron chi connectivity index (χ1n) is 6.30. The monoisotopic (exact) mass is 258 g/mol. The van der Waals surface area contributed by atoms with Crippen molar-refractivity contribution in [1.29, 1.82) is 0 Å². The van der Waals surface area contributed by atoms with Crippen LogP contribution in [0.2, 0.25) is 0 Å². The number of pyridine rings is 1. The molecule has 0 aliphatic rings. The Morgan fingerprint density at radius 1 is 1.05 bits per heavy atom. The van der Waals surface area contributed by atoms with Crippen LogP contribution in [0.3, 0.4) is 0 Å². The first kappa shape index (κ1) is 13.2. The smallest absolute Gasteiger partial charge is 0.126 e. The van der Waals surface area contributed by atoms with E-state index in [1.807, 2.05) is 50.4 Å². The normalized spacial score (nSPS) is 10.0. The number of nitrogens with zero attached hydrogens (tertiary/aromatic N) is 1. The van der Waals surface area contributed by atoms with E-state index in [0.717, 1.165) is 22.9 Å². The molecule has 1 N–H and O–H groups in total. The Balaban J connectivity index is 1.94. The summed E-state index contributed by atoms with van der Waals surface area (Å²) in [4.78, 5) is 4.16. The molecule has 1 aromatic heterocycles. The van der Waals surface area contributed by atoms with Gasteiger partial charge in [0.05, 0.1) is 6.61 Å². The van der Waals surface area contributed by atoms with E-state index in [2.05, 4.69) is 10.3 Å². The number of rotatable bonds is 6. The molecule has 1 aromatic carbocycles. The van der Waals surface area contributed by atoms with Gasteiger partial charge in [0, 0.05) is 13.2 Å². The van der Waals surface area contributed by atoms with Crippen LogP contribution in [0.5, 0.6) is 11.5 Å². The van der Waals surface area contributed by atoms with E-state index in [9.17, 15) is 0 Å². The lowest BCUT2D eigenvalue weighted by Gasteiger charge is -2.08. The fourth-order valence-corrected chi connectivity index (χ4v) is 1.67. The summed E-state index contributed by atoms with van der Waals surface area (Å²) < 4.78 is 11.1. The van der Waals surface area contributed by atoms with Gasteiger partial charge in [0.2, 0.25) is 0 Å². The highest BCUT2D eigenvalue weighted by Gasteiger charge is 1.99. The van der Waals surface area contributed by atoms with Gasteiger partial charge in [-0.15, -0.1) is 0 Å². The van der Waals surface area contributed by atoms with Crippen molar-refractivity contribution in [2.24, 2.45) is 0 Å². The minimum Gasteiger partial charge on any atom is -0.494 e. The van der Waals surface area contributed by atoms with Crippen LogP contribution >= 0.6 is 0 Å². The summed E-state index contributed by atoms with van der Waals surface area (Å²) in [6.07, 6.45) is 1.77. The van der Waals surface area contributed by atoms with Crippen LogP contribution in [-0.4, -0.2) is 18.6 Å². The quantitative estimate of drug-likeness (QED) is 0.864. The Hall–Kier alpha value is -2.23. The van der Waals surface area contributed by atoms with E-state index in [4.69, 9.17) is 9.47 Å². The molecular weight excluding hydrogens is 240 g/mol. The molecule has 4 heteroatoms. The molecule has 0 saturated carbocycles. The molecule has 2 rings (SSSR count). The van der Waals surface area contributed by atoms with Gasteiger partial charge in [-0.3, -0.25) is 0 Å². The molecule has 0 radical (unpaired) electrons. The molecule has 0 fully saturated rings. The molecular formula is C15H18N2O2. The Bertz CT molecular complexity index is 512. The number of ether oxygens (including phenoxy) is 2. The first-order valence-corrected chi connectivity index (χ1v) is 6.30. The summed E-state index contributed by atoms with van der Waals surface area (Å²) in [6.45, 7) is 3.16. The van der Waals surface area contributed by atoms with Crippen LogP contribution in [0.15, 0.2) is 42.6 Å². The minimum absolute atomic E-state index is 0.519. The van der Waals surface area contributed by atoms with E-state index in [1.54, 1.807) is 6.20 Å². The predicted molar refractivity (Wildman–Crippen MR) is 75.7 cm³/mol. The van der Waals surface area contributed by atoms with Crippen LogP contribution in [0, 0.1) is 0 Å². The molecule has 0 amide bonds. The molecule has 19 heavy (non-hydrogen) atoms. The van der Waals surface area contributed by atoms with Crippen LogP contribution in [0.1, 0.15) is 12.5 Å².